The molecule has 0 aliphatic heterocycles. The van der Waals surface area contributed by atoms with Crippen LogP contribution in [0.25, 0.3) is 0 Å². The van der Waals surface area contributed by atoms with Gasteiger partial charge in [0.15, 0.2) is 0 Å². The summed E-state index contributed by atoms with van der Waals surface area (Å²) >= 11 is 5.90. The van der Waals surface area contributed by atoms with Gasteiger partial charge in [-0.1, -0.05) is 11.6 Å². The van der Waals surface area contributed by atoms with Crippen LogP contribution in [0.5, 0.6) is 5.75 Å². The lowest BCUT2D eigenvalue weighted by molar-refractivity contribution is 0.0955. The first kappa shape index (κ1) is 14.0. The summed E-state index contributed by atoms with van der Waals surface area (Å²) in [5.74, 6) is 0.306. The number of ether oxygens (including phenoxy) is 1. The molecule has 0 saturated carbocycles. The lowest BCUT2D eigenvalue weighted by atomic mass is 10.2. The predicted octanol–water partition coefficient (Wildman–Crippen LogP) is 2.51. The van der Waals surface area contributed by atoms with Gasteiger partial charge in [-0.05, 0) is 30.3 Å². The molecule has 1 heterocycles. The molecule has 1 aromatic carbocycles. The smallest absolute Gasteiger partial charge is 0.271 e. The van der Waals surface area contributed by atoms with Gasteiger partial charge in [0, 0.05) is 28.5 Å². The van der Waals surface area contributed by atoms with Crippen molar-refractivity contribution in [2.24, 2.45) is 5.10 Å². The Morgan fingerprint density at radius 1 is 1.35 bits per heavy atom. The third-order valence-corrected chi connectivity index (χ3v) is 2.74. The molecule has 0 fully saturated rings. The van der Waals surface area contributed by atoms with E-state index in [1.165, 1.54) is 6.21 Å². The zero-order valence-corrected chi connectivity index (χ0v) is 11.5. The third-order valence-electron chi connectivity index (χ3n) is 2.50. The van der Waals surface area contributed by atoms with E-state index in [0.29, 0.717) is 21.9 Å². The zero-order chi connectivity index (χ0) is 14.4. The first-order chi connectivity index (χ1) is 9.70. The van der Waals surface area contributed by atoms with Crippen molar-refractivity contribution in [1.82, 2.24) is 10.4 Å². The average molecular weight is 290 g/mol. The normalized spacial score (nSPS) is 10.5. The number of hydrazone groups is 1. The van der Waals surface area contributed by atoms with E-state index in [9.17, 15) is 4.79 Å². The number of benzene rings is 1. The van der Waals surface area contributed by atoms with E-state index in [1.54, 1.807) is 49.8 Å². The van der Waals surface area contributed by atoms with Gasteiger partial charge < -0.3 is 4.74 Å². The summed E-state index contributed by atoms with van der Waals surface area (Å²) in [6.07, 6.45) is 4.56. The molecule has 0 bridgehead atoms. The predicted molar refractivity (Wildman–Crippen MR) is 77.3 cm³/mol. The minimum atomic E-state index is -0.315. The van der Waals surface area contributed by atoms with Crippen molar-refractivity contribution in [2.75, 3.05) is 7.11 Å². The Hall–Kier alpha value is -2.40. The first-order valence-electron chi connectivity index (χ1n) is 5.77. The largest absolute Gasteiger partial charge is 0.496 e. The molecule has 20 heavy (non-hydrogen) atoms. The molecule has 6 heteroatoms. The second kappa shape index (κ2) is 6.68. The Kier molecular flexibility index (Phi) is 4.68. The number of carbonyl (C=O) groups excluding carboxylic acids is 1. The highest BCUT2D eigenvalue weighted by Gasteiger charge is 2.03. The van der Waals surface area contributed by atoms with Gasteiger partial charge in [-0.2, -0.15) is 5.10 Å². The number of pyridine rings is 1. The molecule has 0 aliphatic rings. The summed E-state index contributed by atoms with van der Waals surface area (Å²) in [7, 11) is 1.55. The van der Waals surface area contributed by atoms with Crippen molar-refractivity contribution in [2.45, 2.75) is 0 Å². The van der Waals surface area contributed by atoms with Crippen molar-refractivity contribution in [3.63, 3.8) is 0 Å². The van der Waals surface area contributed by atoms with Gasteiger partial charge >= 0.3 is 0 Å². The van der Waals surface area contributed by atoms with Crippen LogP contribution in [0, 0.1) is 0 Å². The van der Waals surface area contributed by atoms with Crippen molar-refractivity contribution in [3.05, 3.63) is 58.9 Å². The summed E-state index contributed by atoms with van der Waals surface area (Å²) in [6, 6.07) is 8.35. The number of halogens is 1. The van der Waals surface area contributed by atoms with Gasteiger partial charge in [-0.25, -0.2) is 5.43 Å². The fraction of sp³-hybridized carbons (Fsp3) is 0.0714. The molecule has 0 unspecified atom stereocenters. The van der Waals surface area contributed by atoms with Crippen LogP contribution in [-0.2, 0) is 0 Å². The van der Waals surface area contributed by atoms with Gasteiger partial charge in [-0.15, -0.1) is 0 Å². The molecule has 5 nitrogen and oxygen atoms in total. The molecule has 0 atom stereocenters. The van der Waals surface area contributed by atoms with Crippen molar-refractivity contribution < 1.29 is 9.53 Å². The van der Waals surface area contributed by atoms with E-state index in [0.717, 1.165) is 0 Å². The highest BCUT2D eigenvalue weighted by Crippen LogP contribution is 2.20. The van der Waals surface area contributed by atoms with E-state index >= 15 is 0 Å². The highest BCUT2D eigenvalue weighted by molar-refractivity contribution is 6.30. The van der Waals surface area contributed by atoms with Gasteiger partial charge in [0.1, 0.15) is 5.75 Å². The van der Waals surface area contributed by atoms with Gasteiger partial charge in [0.25, 0.3) is 5.91 Å². The fourth-order valence-electron chi connectivity index (χ4n) is 1.53. The summed E-state index contributed by atoms with van der Waals surface area (Å²) in [5, 5.41) is 4.45. The van der Waals surface area contributed by atoms with Crippen LogP contribution in [0.2, 0.25) is 5.02 Å². The molecule has 1 N–H and O–H groups in total. The molecule has 0 radical (unpaired) electrons. The maximum Gasteiger partial charge on any atom is 0.271 e. The molecule has 0 aliphatic carbocycles. The standard InChI is InChI=1S/C14H12ClN3O2/c1-20-13-3-2-12(15)8-11(13)9-17-18-14(19)10-4-6-16-7-5-10/h2-9H,1H3,(H,18,19)/b17-9+. The molecule has 2 aromatic rings. The maximum atomic E-state index is 11.7. The van der Waals surface area contributed by atoms with E-state index in [4.69, 9.17) is 16.3 Å². The molecule has 0 saturated heterocycles. The zero-order valence-electron chi connectivity index (χ0n) is 10.7. The van der Waals surface area contributed by atoms with E-state index in [1.807, 2.05) is 0 Å². The summed E-state index contributed by atoms with van der Waals surface area (Å²) in [4.78, 5) is 15.6. The number of aromatic nitrogens is 1. The third kappa shape index (κ3) is 3.55. The minimum Gasteiger partial charge on any atom is -0.496 e. The Labute approximate surface area is 121 Å². The number of rotatable bonds is 4. The SMILES string of the molecule is COc1ccc(Cl)cc1/C=N/NC(=O)c1ccncc1. The first-order valence-corrected chi connectivity index (χ1v) is 6.15. The number of hydrogen-bond donors (Lipinski definition) is 1. The van der Waals surface area contributed by atoms with Crippen LogP contribution in [0.4, 0.5) is 0 Å². The number of hydrogen-bond acceptors (Lipinski definition) is 4. The minimum absolute atomic E-state index is 0.315. The van der Waals surface area contributed by atoms with Crippen molar-refractivity contribution in [1.29, 1.82) is 0 Å². The molecule has 0 spiro atoms. The van der Waals surface area contributed by atoms with Crippen molar-refractivity contribution >= 4 is 23.7 Å². The van der Waals surface area contributed by atoms with Crippen LogP contribution in [-0.4, -0.2) is 24.2 Å². The lowest BCUT2D eigenvalue weighted by Gasteiger charge is -2.04. The second-order valence-corrected chi connectivity index (χ2v) is 4.26. The number of nitrogens with one attached hydrogen (secondary N) is 1. The maximum absolute atomic E-state index is 11.7. The average Bonchev–Trinajstić information content (AvgIpc) is 2.48. The highest BCUT2D eigenvalue weighted by atomic mass is 35.5. The van der Waals surface area contributed by atoms with Crippen LogP contribution in [0.3, 0.4) is 0 Å². The van der Waals surface area contributed by atoms with Crippen LogP contribution in [0.15, 0.2) is 47.8 Å². The number of methoxy groups -OCH3 is 1. The summed E-state index contributed by atoms with van der Waals surface area (Å²) in [6.45, 7) is 0. The number of nitrogens with zero attached hydrogens (tertiary/aromatic N) is 2. The molecule has 1 aromatic heterocycles. The topological polar surface area (TPSA) is 63.6 Å². The Morgan fingerprint density at radius 2 is 2.10 bits per heavy atom. The monoisotopic (exact) mass is 289 g/mol. The molecular weight excluding hydrogens is 278 g/mol. The quantitative estimate of drug-likeness (QED) is 0.695. The molecule has 2 rings (SSSR count). The lowest BCUT2D eigenvalue weighted by Crippen LogP contribution is -2.17. The van der Waals surface area contributed by atoms with E-state index in [2.05, 4.69) is 15.5 Å². The van der Waals surface area contributed by atoms with E-state index in [-0.39, 0.29) is 5.91 Å². The van der Waals surface area contributed by atoms with Crippen LogP contribution < -0.4 is 10.2 Å². The molecular formula is C14H12ClN3O2. The van der Waals surface area contributed by atoms with Crippen LogP contribution in [0.1, 0.15) is 15.9 Å². The van der Waals surface area contributed by atoms with Gasteiger partial charge in [0.05, 0.1) is 13.3 Å². The fourth-order valence-corrected chi connectivity index (χ4v) is 1.71. The van der Waals surface area contributed by atoms with Gasteiger partial charge in [-0.3, -0.25) is 9.78 Å². The Bertz CT molecular complexity index is 630. The Morgan fingerprint density at radius 3 is 2.80 bits per heavy atom. The summed E-state index contributed by atoms with van der Waals surface area (Å²) < 4.78 is 5.17. The molecule has 1 amide bonds. The van der Waals surface area contributed by atoms with Crippen LogP contribution >= 0.6 is 11.6 Å². The van der Waals surface area contributed by atoms with Gasteiger partial charge in [0.2, 0.25) is 0 Å². The summed E-state index contributed by atoms with van der Waals surface area (Å²) in [5.41, 5.74) is 3.58. The van der Waals surface area contributed by atoms with E-state index < -0.39 is 0 Å². The van der Waals surface area contributed by atoms with Crippen molar-refractivity contribution in [3.8, 4) is 5.75 Å². The molecule has 102 valence electrons. The second-order valence-electron chi connectivity index (χ2n) is 3.82. The number of amides is 1. The Balaban J connectivity index is 2.07. The number of carbonyl (C=O) groups is 1.